The van der Waals surface area contributed by atoms with E-state index < -0.39 is 5.97 Å². The second-order valence-electron chi connectivity index (χ2n) is 6.14. The Morgan fingerprint density at radius 3 is 2.32 bits per heavy atom. The van der Waals surface area contributed by atoms with Crippen molar-refractivity contribution >= 4 is 5.97 Å². The zero-order chi connectivity index (χ0) is 16.0. The van der Waals surface area contributed by atoms with E-state index in [1.165, 1.54) is 57.4 Å². The maximum absolute atomic E-state index is 10.6. The lowest BCUT2D eigenvalue weighted by atomic mass is 10.0. The average molecular weight is 312 g/mol. The SMILES string of the molecule is CCCCCCCCCCCC(C=CC(=O)O)OCC1CO1. The zero-order valence-electron chi connectivity index (χ0n) is 14.0. The third kappa shape index (κ3) is 11.8. The molecule has 0 aliphatic carbocycles. The monoisotopic (exact) mass is 312 g/mol. The average Bonchev–Trinajstić information content (AvgIpc) is 3.31. The van der Waals surface area contributed by atoms with Crippen LogP contribution in [0.1, 0.15) is 71.1 Å². The van der Waals surface area contributed by atoms with Crippen molar-refractivity contribution in [2.24, 2.45) is 0 Å². The first-order valence-electron chi connectivity index (χ1n) is 8.86. The quantitative estimate of drug-likeness (QED) is 0.278. The van der Waals surface area contributed by atoms with Gasteiger partial charge in [-0.3, -0.25) is 0 Å². The van der Waals surface area contributed by atoms with E-state index in [1.54, 1.807) is 6.08 Å². The predicted octanol–water partition coefficient (Wildman–Crippen LogP) is 4.33. The lowest BCUT2D eigenvalue weighted by Crippen LogP contribution is -2.14. The molecule has 22 heavy (non-hydrogen) atoms. The molecule has 0 spiro atoms. The second kappa shape index (κ2) is 12.7. The molecule has 0 aromatic heterocycles. The number of ether oxygens (including phenoxy) is 2. The summed E-state index contributed by atoms with van der Waals surface area (Å²) in [5.41, 5.74) is 0. The van der Waals surface area contributed by atoms with Crippen LogP contribution in [-0.2, 0) is 14.3 Å². The molecule has 0 aromatic carbocycles. The van der Waals surface area contributed by atoms with Gasteiger partial charge in [0.2, 0.25) is 0 Å². The van der Waals surface area contributed by atoms with Gasteiger partial charge in [0.05, 0.1) is 19.3 Å². The van der Waals surface area contributed by atoms with Gasteiger partial charge in [-0.2, -0.15) is 0 Å². The Kier molecular flexibility index (Phi) is 11.0. The van der Waals surface area contributed by atoms with Gasteiger partial charge >= 0.3 is 5.97 Å². The van der Waals surface area contributed by atoms with E-state index in [2.05, 4.69) is 6.92 Å². The number of epoxide rings is 1. The number of hydrogen-bond donors (Lipinski definition) is 1. The maximum Gasteiger partial charge on any atom is 0.328 e. The Hall–Kier alpha value is -0.870. The van der Waals surface area contributed by atoms with Crippen LogP contribution >= 0.6 is 0 Å². The molecule has 2 atom stereocenters. The minimum Gasteiger partial charge on any atom is -0.478 e. The lowest BCUT2D eigenvalue weighted by Gasteiger charge is -2.13. The van der Waals surface area contributed by atoms with Gasteiger partial charge in [0.1, 0.15) is 6.10 Å². The van der Waals surface area contributed by atoms with Crippen molar-refractivity contribution in [3.63, 3.8) is 0 Å². The zero-order valence-corrected chi connectivity index (χ0v) is 14.0. The van der Waals surface area contributed by atoms with E-state index in [4.69, 9.17) is 14.6 Å². The molecule has 1 N–H and O–H groups in total. The first-order chi connectivity index (χ1) is 10.7. The van der Waals surface area contributed by atoms with Gasteiger partial charge in [-0.25, -0.2) is 4.79 Å². The third-order valence-electron chi connectivity index (χ3n) is 3.94. The summed E-state index contributed by atoms with van der Waals surface area (Å²) >= 11 is 0. The molecule has 1 rings (SSSR count). The van der Waals surface area contributed by atoms with Crippen LogP contribution in [-0.4, -0.2) is 36.5 Å². The summed E-state index contributed by atoms with van der Waals surface area (Å²) in [4.78, 5) is 10.6. The highest BCUT2D eigenvalue weighted by molar-refractivity contribution is 5.79. The fourth-order valence-corrected chi connectivity index (χ4v) is 2.48. The molecule has 2 unspecified atom stereocenters. The Morgan fingerprint density at radius 1 is 1.18 bits per heavy atom. The Labute approximate surface area is 134 Å². The molecule has 128 valence electrons. The highest BCUT2D eigenvalue weighted by Crippen LogP contribution is 2.15. The fraction of sp³-hybridized carbons (Fsp3) is 0.833. The van der Waals surface area contributed by atoms with Crippen molar-refractivity contribution < 1.29 is 19.4 Å². The van der Waals surface area contributed by atoms with Gasteiger partial charge in [-0.1, -0.05) is 64.7 Å². The van der Waals surface area contributed by atoms with Crippen LogP contribution in [0.2, 0.25) is 0 Å². The molecular formula is C18H32O4. The number of carboxylic acids is 1. The topological polar surface area (TPSA) is 59.1 Å². The predicted molar refractivity (Wildman–Crippen MR) is 88.1 cm³/mol. The fourth-order valence-electron chi connectivity index (χ4n) is 2.48. The van der Waals surface area contributed by atoms with Gasteiger partial charge in [0.25, 0.3) is 0 Å². The van der Waals surface area contributed by atoms with Gasteiger partial charge in [0.15, 0.2) is 0 Å². The number of rotatable bonds is 15. The highest BCUT2D eigenvalue weighted by atomic mass is 16.6. The van der Waals surface area contributed by atoms with Crippen LogP contribution in [0.15, 0.2) is 12.2 Å². The highest BCUT2D eigenvalue weighted by Gasteiger charge is 2.23. The third-order valence-corrected chi connectivity index (χ3v) is 3.94. The summed E-state index contributed by atoms with van der Waals surface area (Å²) in [7, 11) is 0. The largest absolute Gasteiger partial charge is 0.478 e. The number of carbonyl (C=O) groups is 1. The Balaban J connectivity index is 2.02. The summed E-state index contributed by atoms with van der Waals surface area (Å²) in [5.74, 6) is -0.914. The summed E-state index contributed by atoms with van der Waals surface area (Å²) in [6.07, 6.45) is 15.5. The number of aliphatic carboxylic acids is 1. The summed E-state index contributed by atoms with van der Waals surface area (Å²) in [6.45, 7) is 3.59. The van der Waals surface area contributed by atoms with E-state index >= 15 is 0 Å². The van der Waals surface area contributed by atoms with Crippen LogP contribution in [0.4, 0.5) is 0 Å². The van der Waals surface area contributed by atoms with Crippen LogP contribution < -0.4 is 0 Å². The minimum absolute atomic E-state index is 0.0927. The second-order valence-corrected chi connectivity index (χ2v) is 6.14. The van der Waals surface area contributed by atoms with Gasteiger partial charge in [-0.05, 0) is 12.5 Å². The van der Waals surface area contributed by atoms with Crippen LogP contribution in [0.5, 0.6) is 0 Å². The van der Waals surface area contributed by atoms with E-state index in [0.717, 1.165) is 19.4 Å². The molecule has 0 amide bonds. The molecule has 0 radical (unpaired) electrons. The molecule has 0 saturated carbocycles. The molecule has 0 bridgehead atoms. The summed E-state index contributed by atoms with van der Waals surface area (Å²) in [6, 6.07) is 0. The van der Waals surface area contributed by atoms with Crippen LogP contribution in [0, 0.1) is 0 Å². The van der Waals surface area contributed by atoms with Crippen molar-refractivity contribution in [2.75, 3.05) is 13.2 Å². The van der Waals surface area contributed by atoms with Crippen molar-refractivity contribution in [3.8, 4) is 0 Å². The lowest BCUT2D eigenvalue weighted by molar-refractivity contribution is -0.131. The number of carboxylic acid groups (broad SMARTS) is 1. The Morgan fingerprint density at radius 2 is 1.77 bits per heavy atom. The summed E-state index contributed by atoms with van der Waals surface area (Å²) < 4.78 is 10.8. The van der Waals surface area contributed by atoms with E-state index in [0.29, 0.717) is 6.61 Å². The molecular weight excluding hydrogens is 280 g/mol. The molecule has 1 saturated heterocycles. The van der Waals surface area contributed by atoms with E-state index in [1.807, 2.05) is 0 Å². The summed E-state index contributed by atoms with van der Waals surface area (Å²) in [5, 5.41) is 8.72. The van der Waals surface area contributed by atoms with Crippen molar-refractivity contribution in [1.82, 2.24) is 0 Å². The van der Waals surface area contributed by atoms with Gasteiger partial charge < -0.3 is 14.6 Å². The number of hydrogen-bond acceptors (Lipinski definition) is 3. The molecule has 1 aliphatic rings. The number of unbranched alkanes of at least 4 members (excludes halogenated alkanes) is 8. The standard InChI is InChI=1S/C18H32O4/c1-2-3-4-5-6-7-8-9-10-11-16(12-13-18(19)20)21-14-17-15-22-17/h12-13,16-17H,2-11,14-15H2,1H3,(H,19,20). The molecule has 1 aliphatic heterocycles. The first kappa shape index (κ1) is 19.2. The molecule has 4 heteroatoms. The van der Waals surface area contributed by atoms with Crippen molar-refractivity contribution in [3.05, 3.63) is 12.2 Å². The first-order valence-corrected chi connectivity index (χ1v) is 8.86. The molecule has 0 aromatic rings. The molecule has 1 fully saturated rings. The maximum atomic E-state index is 10.6. The van der Waals surface area contributed by atoms with Crippen LogP contribution in [0.25, 0.3) is 0 Å². The molecule has 4 nitrogen and oxygen atoms in total. The normalized spacial score (nSPS) is 18.7. The minimum atomic E-state index is -0.914. The smallest absolute Gasteiger partial charge is 0.328 e. The van der Waals surface area contributed by atoms with E-state index in [9.17, 15) is 4.79 Å². The van der Waals surface area contributed by atoms with Crippen molar-refractivity contribution in [1.29, 1.82) is 0 Å². The van der Waals surface area contributed by atoms with Crippen molar-refractivity contribution in [2.45, 2.75) is 83.3 Å². The van der Waals surface area contributed by atoms with Crippen LogP contribution in [0.3, 0.4) is 0 Å². The van der Waals surface area contributed by atoms with E-state index in [-0.39, 0.29) is 12.2 Å². The van der Waals surface area contributed by atoms with Gasteiger partial charge in [0, 0.05) is 6.08 Å². The Bertz CT molecular complexity index is 310. The van der Waals surface area contributed by atoms with Gasteiger partial charge in [-0.15, -0.1) is 0 Å². The molecule has 1 heterocycles.